The van der Waals surface area contributed by atoms with E-state index in [0.29, 0.717) is 5.37 Å². The summed E-state index contributed by atoms with van der Waals surface area (Å²) in [7, 11) is 0. The summed E-state index contributed by atoms with van der Waals surface area (Å²) >= 11 is 1.91. The molecule has 1 unspecified atom stereocenters. The van der Waals surface area contributed by atoms with Crippen LogP contribution in [0.3, 0.4) is 0 Å². The summed E-state index contributed by atoms with van der Waals surface area (Å²) in [6, 6.07) is 6.49. The van der Waals surface area contributed by atoms with Crippen LogP contribution in [0.2, 0.25) is 0 Å². The van der Waals surface area contributed by atoms with Crippen molar-refractivity contribution in [3.8, 4) is 0 Å². The van der Waals surface area contributed by atoms with E-state index in [9.17, 15) is 4.79 Å². The van der Waals surface area contributed by atoms with Crippen molar-refractivity contribution in [2.24, 2.45) is 0 Å². The number of amides is 1. The molecule has 0 spiro atoms. The lowest BCUT2D eigenvalue weighted by Gasteiger charge is -2.15. The van der Waals surface area contributed by atoms with E-state index < -0.39 is 0 Å². The van der Waals surface area contributed by atoms with Crippen molar-refractivity contribution in [1.29, 1.82) is 0 Å². The van der Waals surface area contributed by atoms with Gasteiger partial charge in [-0.2, -0.15) is 0 Å². The van der Waals surface area contributed by atoms with Crippen LogP contribution >= 0.6 is 11.8 Å². The van der Waals surface area contributed by atoms with Crippen LogP contribution in [0.15, 0.2) is 23.1 Å². The molecule has 1 saturated heterocycles. The van der Waals surface area contributed by atoms with Gasteiger partial charge in [0.15, 0.2) is 0 Å². The number of nitrogens with one attached hydrogen (secondary N) is 1. The molecule has 1 N–H and O–H groups in total. The van der Waals surface area contributed by atoms with E-state index in [2.05, 4.69) is 23.5 Å². The molecule has 1 aromatic carbocycles. The summed E-state index contributed by atoms with van der Waals surface area (Å²) in [5, 5.41) is 4.06. The highest BCUT2D eigenvalue weighted by Crippen LogP contribution is 2.34. The Morgan fingerprint density at radius 2 is 2.39 bits per heavy atom. The van der Waals surface area contributed by atoms with Gasteiger partial charge in [-0.05, 0) is 49.6 Å². The maximum absolute atomic E-state index is 11.5. The number of hydrogen-bond acceptors (Lipinski definition) is 3. The van der Waals surface area contributed by atoms with Crippen molar-refractivity contribution < 1.29 is 4.79 Å². The Hall–Kier alpha value is -1.00. The number of benzene rings is 1. The van der Waals surface area contributed by atoms with Crippen LogP contribution in [0, 0.1) is 0 Å². The lowest BCUT2D eigenvalue weighted by Crippen LogP contribution is -2.25. The molecule has 0 aliphatic carbocycles. The van der Waals surface area contributed by atoms with Crippen molar-refractivity contribution in [2.45, 2.75) is 36.5 Å². The minimum Gasteiger partial charge on any atom is -0.312 e. The van der Waals surface area contributed by atoms with Crippen LogP contribution in [0.25, 0.3) is 0 Å². The summed E-state index contributed by atoms with van der Waals surface area (Å²) in [5.41, 5.74) is 2.42. The Kier molecular flexibility index (Phi) is 3.31. The van der Waals surface area contributed by atoms with Gasteiger partial charge in [-0.25, -0.2) is 0 Å². The molecule has 96 valence electrons. The molecule has 1 aromatic rings. The van der Waals surface area contributed by atoms with Gasteiger partial charge in [-0.15, -0.1) is 11.8 Å². The quantitative estimate of drug-likeness (QED) is 0.888. The fourth-order valence-corrected chi connectivity index (χ4v) is 3.87. The van der Waals surface area contributed by atoms with Crippen molar-refractivity contribution in [2.75, 3.05) is 18.0 Å². The van der Waals surface area contributed by atoms with Gasteiger partial charge in [0.1, 0.15) is 0 Å². The third-order valence-electron chi connectivity index (χ3n) is 3.62. The SMILES string of the molecule is CC(=O)N1CCc2cc(SC3CCCN3)ccc21. The largest absolute Gasteiger partial charge is 0.312 e. The predicted molar refractivity (Wildman–Crippen MR) is 75.1 cm³/mol. The van der Waals surface area contributed by atoms with Crippen molar-refractivity contribution in [3.05, 3.63) is 23.8 Å². The molecule has 0 aromatic heterocycles. The molecule has 2 aliphatic rings. The summed E-state index contributed by atoms with van der Waals surface area (Å²) in [6.07, 6.45) is 3.52. The van der Waals surface area contributed by atoms with E-state index in [1.54, 1.807) is 6.92 Å². The number of carbonyl (C=O) groups excluding carboxylic acids is 1. The molecule has 2 aliphatic heterocycles. The second-order valence-corrected chi connectivity index (χ2v) is 6.19. The molecular formula is C14H18N2OS. The first-order chi connectivity index (χ1) is 8.74. The lowest BCUT2D eigenvalue weighted by molar-refractivity contribution is -0.116. The van der Waals surface area contributed by atoms with Crippen molar-refractivity contribution in [1.82, 2.24) is 5.32 Å². The molecule has 4 heteroatoms. The molecule has 18 heavy (non-hydrogen) atoms. The van der Waals surface area contributed by atoms with Gasteiger partial charge in [0.25, 0.3) is 0 Å². The Bertz CT molecular complexity index is 469. The van der Waals surface area contributed by atoms with Gasteiger partial charge in [0.05, 0.1) is 5.37 Å². The molecule has 3 nitrogen and oxygen atoms in total. The lowest BCUT2D eigenvalue weighted by atomic mass is 10.2. The number of carbonyl (C=O) groups is 1. The normalized spacial score (nSPS) is 22.3. The second-order valence-electron chi connectivity index (χ2n) is 4.91. The zero-order chi connectivity index (χ0) is 12.5. The maximum atomic E-state index is 11.5. The van der Waals surface area contributed by atoms with E-state index in [0.717, 1.165) is 25.2 Å². The fraction of sp³-hybridized carbons (Fsp3) is 0.500. The highest BCUT2D eigenvalue weighted by atomic mass is 32.2. The Morgan fingerprint density at radius 3 is 3.11 bits per heavy atom. The molecule has 0 bridgehead atoms. The summed E-state index contributed by atoms with van der Waals surface area (Å²) in [6.45, 7) is 3.61. The van der Waals surface area contributed by atoms with Crippen molar-refractivity contribution in [3.63, 3.8) is 0 Å². The van der Waals surface area contributed by atoms with E-state index in [4.69, 9.17) is 0 Å². The molecule has 0 saturated carbocycles. The minimum atomic E-state index is 0.145. The fourth-order valence-electron chi connectivity index (χ4n) is 2.70. The highest BCUT2D eigenvalue weighted by molar-refractivity contribution is 7.99. The molecule has 1 amide bonds. The summed E-state index contributed by atoms with van der Waals surface area (Å²) < 4.78 is 0. The van der Waals surface area contributed by atoms with E-state index in [1.165, 1.54) is 23.3 Å². The standard InChI is InChI=1S/C14H18N2OS/c1-10(17)16-8-6-11-9-12(4-5-13(11)16)18-14-3-2-7-15-14/h4-5,9,14-15H,2-3,6-8H2,1H3. The second kappa shape index (κ2) is 4.94. The predicted octanol–water partition coefficient (Wildman–Crippen LogP) is 2.40. The first-order valence-corrected chi connectivity index (χ1v) is 7.43. The topological polar surface area (TPSA) is 32.3 Å². The Labute approximate surface area is 112 Å². The number of hydrogen-bond donors (Lipinski definition) is 1. The number of rotatable bonds is 2. The van der Waals surface area contributed by atoms with Gasteiger partial charge in [0, 0.05) is 24.1 Å². The Balaban J connectivity index is 1.77. The number of thioether (sulfide) groups is 1. The maximum Gasteiger partial charge on any atom is 0.223 e. The molecule has 2 heterocycles. The third-order valence-corrected chi connectivity index (χ3v) is 4.83. The first kappa shape index (κ1) is 12.1. The van der Waals surface area contributed by atoms with Crippen LogP contribution in [0.1, 0.15) is 25.3 Å². The van der Waals surface area contributed by atoms with Gasteiger partial charge >= 0.3 is 0 Å². The van der Waals surface area contributed by atoms with Gasteiger partial charge in [-0.3, -0.25) is 4.79 Å². The zero-order valence-electron chi connectivity index (χ0n) is 10.6. The van der Waals surface area contributed by atoms with E-state index in [-0.39, 0.29) is 5.91 Å². The molecule has 3 rings (SSSR count). The van der Waals surface area contributed by atoms with Crippen LogP contribution in [-0.2, 0) is 11.2 Å². The van der Waals surface area contributed by atoms with Gasteiger partial charge in [-0.1, -0.05) is 0 Å². The molecule has 1 fully saturated rings. The summed E-state index contributed by atoms with van der Waals surface area (Å²) in [4.78, 5) is 14.7. The average Bonchev–Trinajstić information content (AvgIpc) is 2.97. The average molecular weight is 262 g/mol. The van der Waals surface area contributed by atoms with E-state index in [1.807, 2.05) is 16.7 Å². The monoisotopic (exact) mass is 262 g/mol. The summed E-state index contributed by atoms with van der Waals surface area (Å²) in [5.74, 6) is 0.145. The van der Waals surface area contributed by atoms with Gasteiger partial charge < -0.3 is 10.2 Å². The molecule has 1 atom stereocenters. The zero-order valence-corrected chi connectivity index (χ0v) is 11.4. The minimum absolute atomic E-state index is 0.145. The highest BCUT2D eigenvalue weighted by Gasteiger charge is 2.23. The smallest absolute Gasteiger partial charge is 0.223 e. The number of fused-ring (bicyclic) bond motifs is 1. The van der Waals surface area contributed by atoms with Crippen LogP contribution in [-0.4, -0.2) is 24.4 Å². The van der Waals surface area contributed by atoms with Crippen molar-refractivity contribution >= 4 is 23.4 Å². The van der Waals surface area contributed by atoms with Crippen LogP contribution in [0.5, 0.6) is 0 Å². The van der Waals surface area contributed by atoms with E-state index >= 15 is 0 Å². The first-order valence-electron chi connectivity index (χ1n) is 6.55. The molecular weight excluding hydrogens is 244 g/mol. The number of nitrogens with zero attached hydrogens (tertiary/aromatic N) is 1. The van der Waals surface area contributed by atoms with Gasteiger partial charge in [0.2, 0.25) is 5.91 Å². The third kappa shape index (κ3) is 2.27. The number of anilines is 1. The molecule has 0 radical (unpaired) electrons. The van der Waals surface area contributed by atoms with Crippen LogP contribution < -0.4 is 10.2 Å². The Morgan fingerprint density at radius 1 is 1.50 bits per heavy atom. The van der Waals surface area contributed by atoms with Crippen LogP contribution in [0.4, 0.5) is 5.69 Å².